The van der Waals surface area contributed by atoms with E-state index in [-0.39, 0.29) is 18.1 Å². The molecule has 94 valence electrons. The topological polar surface area (TPSA) is 80.5 Å². The number of nitrogens with one attached hydrogen (secondary N) is 1. The van der Waals surface area contributed by atoms with E-state index in [9.17, 15) is 4.79 Å². The average Bonchev–Trinajstić information content (AvgIpc) is 2.76. The molecule has 0 bridgehead atoms. The highest BCUT2D eigenvalue weighted by Crippen LogP contribution is 2.24. The third-order valence-corrected chi connectivity index (χ3v) is 3.45. The number of carbonyl (C=O) groups is 1. The number of nitrogen functional groups attached to an aromatic ring is 1. The summed E-state index contributed by atoms with van der Waals surface area (Å²) in [6.45, 7) is 5.65. The Hall–Kier alpha value is -1.18. The van der Waals surface area contributed by atoms with Gasteiger partial charge in [0, 0.05) is 18.5 Å². The van der Waals surface area contributed by atoms with Gasteiger partial charge in [0.15, 0.2) is 5.13 Å². The van der Waals surface area contributed by atoms with Crippen LogP contribution in [0.1, 0.15) is 24.3 Å². The molecule has 0 aromatic carbocycles. The molecule has 2 rings (SSSR count). The van der Waals surface area contributed by atoms with E-state index in [1.807, 2.05) is 13.8 Å². The average molecular weight is 256 g/mol. The quantitative estimate of drug-likeness (QED) is 0.454. The molecule has 0 radical (unpaired) electrons. The first-order chi connectivity index (χ1) is 8.10. The van der Waals surface area contributed by atoms with E-state index < -0.39 is 0 Å². The minimum Gasteiger partial charge on any atom is -0.372 e. The van der Waals surface area contributed by atoms with Crippen LogP contribution >= 0.6 is 11.3 Å². The lowest BCUT2D eigenvalue weighted by Crippen LogP contribution is -2.45. The number of thiazole rings is 1. The van der Waals surface area contributed by atoms with Crippen LogP contribution in [0.3, 0.4) is 0 Å². The fourth-order valence-corrected chi connectivity index (χ4v) is 2.75. The summed E-state index contributed by atoms with van der Waals surface area (Å²) in [5.74, 6) is 4.71. The van der Waals surface area contributed by atoms with Gasteiger partial charge in [-0.25, -0.2) is 10.8 Å². The molecule has 1 aromatic rings. The zero-order valence-electron chi connectivity index (χ0n) is 9.84. The second kappa shape index (κ2) is 4.99. The van der Waals surface area contributed by atoms with Crippen LogP contribution in [-0.2, 0) is 4.74 Å². The van der Waals surface area contributed by atoms with E-state index in [1.165, 1.54) is 11.3 Å². The van der Waals surface area contributed by atoms with Gasteiger partial charge in [-0.15, -0.1) is 11.3 Å². The number of hydrogen-bond donors (Lipinski definition) is 2. The molecule has 2 atom stereocenters. The summed E-state index contributed by atoms with van der Waals surface area (Å²) in [5, 5.41) is 2.55. The Morgan fingerprint density at radius 3 is 2.82 bits per heavy atom. The first-order valence-electron chi connectivity index (χ1n) is 5.47. The van der Waals surface area contributed by atoms with Crippen LogP contribution in [0.4, 0.5) is 5.13 Å². The van der Waals surface area contributed by atoms with Crippen LogP contribution in [0.5, 0.6) is 0 Å². The second-order valence-electron chi connectivity index (χ2n) is 4.15. The minimum absolute atomic E-state index is 0.175. The van der Waals surface area contributed by atoms with E-state index in [0.29, 0.717) is 5.69 Å². The molecule has 1 aliphatic heterocycles. The number of rotatable bonds is 2. The number of hydrazine groups is 1. The third-order valence-electron chi connectivity index (χ3n) is 2.55. The number of anilines is 1. The minimum atomic E-state index is -0.359. The van der Waals surface area contributed by atoms with Gasteiger partial charge in [-0.05, 0) is 13.8 Å². The van der Waals surface area contributed by atoms with Crippen molar-refractivity contribution in [3.63, 3.8) is 0 Å². The maximum absolute atomic E-state index is 11.3. The van der Waals surface area contributed by atoms with Gasteiger partial charge in [0.25, 0.3) is 5.91 Å². The van der Waals surface area contributed by atoms with Crippen LogP contribution in [0, 0.1) is 0 Å². The van der Waals surface area contributed by atoms with Crippen molar-refractivity contribution < 1.29 is 9.53 Å². The Labute approximate surface area is 104 Å². The molecule has 1 aromatic heterocycles. The predicted molar refractivity (Wildman–Crippen MR) is 66.0 cm³/mol. The fraction of sp³-hybridized carbons (Fsp3) is 0.600. The predicted octanol–water partition coefficient (Wildman–Crippen LogP) is 0.360. The summed E-state index contributed by atoms with van der Waals surface area (Å²) in [4.78, 5) is 17.7. The lowest BCUT2D eigenvalue weighted by molar-refractivity contribution is -0.00522. The summed E-state index contributed by atoms with van der Waals surface area (Å²) in [5.41, 5.74) is 2.44. The molecule has 0 saturated carbocycles. The van der Waals surface area contributed by atoms with E-state index in [1.54, 1.807) is 5.38 Å². The summed E-state index contributed by atoms with van der Waals surface area (Å²) in [6.07, 6.45) is 0.351. The molecule has 0 unspecified atom stereocenters. The van der Waals surface area contributed by atoms with Crippen LogP contribution in [-0.4, -0.2) is 36.2 Å². The van der Waals surface area contributed by atoms with Crippen LogP contribution in [0.2, 0.25) is 0 Å². The van der Waals surface area contributed by atoms with Gasteiger partial charge in [-0.1, -0.05) is 0 Å². The normalized spacial score (nSPS) is 24.8. The molecule has 17 heavy (non-hydrogen) atoms. The first-order valence-corrected chi connectivity index (χ1v) is 6.35. The fourth-order valence-electron chi connectivity index (χ4n) is 1.92. The number of amides is 1. The SMILES string of the molecule is C[C@@H]1CN(c2nc(C(=O)NN)cs2)C[C@H](C)O1. The smallest absolute Gasteiger partial charge is 0.284 e. The highest BCUT2D eigenvalue weighted by Gasteiger charge is 2.24. The zero-order chi connectivity index (χ0) is 12.4. The molecule has 1 saturated heterocycles. The lowest BCUT2D eigenvalue weighted by Gasteiger charge is -2.35. The molecule has 1 amide bonds. The summed E-state index contributed by atoms with van der Waals surface area (Å²) >= 11 is 1.45. The third kappa shape index (κ3) is 2.74. The van der Waals surface area contributed by atoms with E-state index >= 15 is 0 Å². The Kier molecular flexibility index (Phi) is 3.60. The van der Waals surface area contributed by atoms with E-state index in [0.717, 1.165) is 18.2 Å². The molecular formula is C10H16N4O2S. The summed E-state index contributed by atoms with van der Waals surface area (Å²) < 4.78 is 5.65. The Morgan fingerprint density at radius 2 is 2.24 bits per heavy atom. The van der Waals surface area contributed by atoms with Crippen molar-refractivity contribution >= 4 is 22.4 Å². The van der Waals surface area contributed by atoms with Gasteiger partial charge in [-0.2, -0.15) is 0 Å². The number of ether oxygens (including phenoxy) is 1. The number of nitrogens with zero attached hydrogens (tertiary/aromatic N) is 2. The molecule has 7 heteroatoms. The van der Waals surface area contributed by atoms with Crippen LogP contribution in [0.15, 0.2) is 5.38 Å². The number of nitrogens with two attached hydrogens (primary N) is 1. The van der Waals surface area contributed by atoms with Gasteiger partial charge < -0.3 is 9.64 Å². The van der Waals surface area contributed by atoms with Crippen molar-refractivity contribution in [3.8, 4) is 0 Å². The van der Waals surface area contributed by atoms with Crippen molar-refractivity contribution in [1.29, 1.82) is 0 Å². The largest absolute Gasteiger partial charge is 0.372 e. The summed E-state index contributed by atoms with van der Waals surface area (Å²) in [6, 6.07) is 0. The highest BCUT2D eigenvalue weighted by atomic mass is 32.1. The van der Waals surface area contributed by atoms with Gasteiger partial charge >= 0.3 is 0 Å². The maximum Gasteiger partial charge on any atom is 0.284 e. The molecule has 1 aliphatic rings. The van der Waals surface area contributed by atoms with Crippen molar-refractivity contribution in [3.05, 3.63) is 11.1 Å². The molecule has 6 nitrogen and oxygen atoms in total. The highest BCUT2D eigenvalue weighted by molar-refractivity contribution is 7.13. The van der Waals surface area contributed by atoms with Gasteiger partial charge in [0.1, 0.15) is 5.69 Å². The molecular weight excluding hydrogens is 240 g/mol. The number of morpholine rings is 1. The first kappa shape index (κ1) is 12.3. The number of hydrogen-bond acceptors (Lipinski definition) is 6. The van der Waals surface area contributed by atoms with Crippen molar-refractivity contribution in [1.82, 2.24) is 10.4 Å². The van der Waals surface area contributed by atoms with Crippen molar-refractivity contribution in [2.45, 2.75) is 26.1 Å². The molecule has 1 fully saturated rings. The molecule has 0 aliphatic carbocycles. The van der Waals surface area contributed by atoms with Crippen molar-refractivity contribution in [2.75, 3.05) is 18.0 Å². The Balaban J connectivity index is 2.11. The van der Waals surface area contributed by atoms with Gasteiger partial charge in [-0.3, -0.25) is 10.2 Å². The van der Waals surface area contributed by atoms with Crippen molar-refractivity contribution in [2.24, 2.45) is 5.84 Å². The zero-order valence-corrected chi connectivity index (χ0v) is 10.7. The standard InChI is InChI=1S/C10H16N4O2S/c1-6-3-14(4-7(2)16-6)10-12-8(5-17-10)9(15)13-11/h5-7H,3-4,11H2,1-2H3,(H,13,15)/t6-,7+. The maximum atomic E-state index is 11.3. The van der Waals surface area contributed by atoms with Crippen LogP contribution in [0.25, 0.3) is 0 Å². The second-order valence-corrected chi connectivity index (χ2v) is 4.99. The van der Waals surface area contributed by atoms with E-state index in [2.05, 4.69) is 15.3 Å². The molecule has 3 N–H and O–H groups in total. The van der Waals surface area contributed by atoms with E-state index in [4.69, 9.17) is 10.6 Å². The summed E-state index contributed by atoms with van der Waals surface area (Å²) in [7, 11) is 0. The molecule has 2 heterocycles. The van der Waals surface area contributed by atoms with Gasteiger partial charge in [0.2, 0.25) is 0 Å². The monoisotopic (exact) mass is 256 g/mol. The van der Waals surface area contributed by atoms with Gasteiger partial charge in [0.05, 0.1) is 12.2 Å². The number of aromatic nitrogens is 1. The Bertz CT molecular complexity index is 399. The molecule has 0 spiro atoms. The Morgan fingerprint density at radius 1 is 1.59 bits per heavy atom. The van der Waals surface area contributed by atoms with Crippen LogP contribution < -0.4 is 16.2 Å². The number of carbonyl (C=O) groups excluding carboxylic acids is 1. The lowest BCUT2D eigenvalue weighted by atomic mass is 10.2.